The first kappa shape index (κ1) is 11.8. The lowest BCUT2D eigenvalue weighted by atomic mass is 9.93. The van der Waals surface area contributed by atoms with Crippen LogP contribution in [0, 0.1) is 5.41 Å². The number of ether oxygens (including phenoxy) is 1. The van der Waals surface area contributed by atoms with Crippen LogP contribution in [0.2, 0.25) is 0 Å². The third-order valence-corrected chi connectivity index (χ3v) is 2.08. The van der Waals surface area contributed by atoms with Crippen LogP contribution in [0.3, 0.4) is 0 Å². The molecule has 1 rings (SSSR count). The average molecular weight is 208 g/mol. The third-order valence-electron chi connectivity index (χ3n) is 2.08. The molecule has 0 atom stereocenters. The molecule has 0 amide bonds. The summed E-state index contributed by atoms with van der Waals surface area (Å²) in [5, 5.41) is 2.98. The van der Waals surface area contributed by atoms with Crippen LogP contribution in [0.5, 0.6) is 5.88 Å². The topological polar surface area (TPSA) is 34.1 Å². The van der Waals surface area contributed by atoms with Crippen molar-refractivity contribution in [1.82, 2.24) is 4.98 Å². The first-order valence-corrected chi connectivity index (χ1v) is 5.29. The normalized spacial score (nSPS) is 11.2. The first-order valence-electron chi connectivity index (χ1n) is 5.29. The Morgan fingerprint density at radius 2 is 2.07 bits per heavy atom. The molecule has 0 bridgehead atoms. The lowest BCUT2D eigenvalue weighted by Crippen LogP contribution is -2.11. The molecule has 3 heteroatoms. The van der Waals surface area contributed by atoms with Gasteiger partial charge in [-0.2, -0.15) is 4.98 Å². The van der Waals surface area contributed by atoms with E-state index in [4.69, 9.17) is 4.74 Å². The van der Waals surface area contributed by atoms with Crippen LogP contribution in [-0.2, 0) is 0 Å². The Balaban J connectivity index is 2.44. The third kappa shape index (κ3) is 4.68. The standard InChI is InChI=1S/C12H20N2O/c1-12(2,3)8-9-15-11-7-5-6-10(13-4)14-11/h5-7H,8-9H2,1-4H3,(H,13,14). The molecule has 1 heterocycles. The van der Waals surface area contributed by atoms with Crippen LogP contribution in [-0.4, -0.2) is 18.6 Å². The molecule has 3 nitrogen and oxygen atoms in total. The van der Waals surface area contributed by atoms with Crippen LogP contribution in [0.1, 0.15) is 27.2 Å². The quantitative estimate of drug-likeness (QED) is 0.826. The maximum absolute atomic E-state index is 5.57. The molecule has 0 aliphatic rings. The maximum Gasteiger partial charge on any atom is 0.215 e. The van der Waals surface area contributed by atoms with Gasteiger partial charge in [0, 0.05) is 13.1 Å². The monoisotopic (exact) mass is 208 g/mol. The van der Waals surface area contributed by atoms with E-state index in [2.05, 4.69) is 31.1 Å². The number of rotatable bonds is 4. The highest BCUT2D eigenvalue weighted by atomic mass is 16.5. The molecule has 0 unspecified atom stereocenters. The molecular formula is C12H20N2O. The van der Waals surface area contributed by atoms with Crippen molar-refractivity contribution in [2.24, 2.45) is 5.41 Å². The molecule has 0 saturated carbocycles. The zero-order valence-electron chi connectivity index (χ0n) is 10.0. The van der Waals surface area contributed by atoms with E-state index in [1.165, 1.54) is 0 Å². The zero-order valence-corrected chi connectivity index (χ0v) is 10.0. The van der Waals surface area contributed by atoms with Crippen LogP contribution >= 0.6 is 0 Å². The highest BCUT2D eigenvalue weighted by Gasteiger charge is 2.10. The highest BCUT2D eigenvalue weighted by molar-refractivity contribution is 5.35. The minimum absolute atomic E-state index is 0.306. The van der Waals surface area contributed by atoms with Crippen molar-refractivity contribution < 1.29 is 4.74 Å². The summed E-state index contributed by atoms with van der Waals surface area (Å²) in [6.07, 6.45) is 1.03. The van der Waals surface area contributed by atoms with Crippen molar-refractivity contribution in [1.29, 1.82) is 0 Å². The van der Waals surface area contributed by atoms with E-state index >= 15 is 0 Å². The van der Waals surface area contributed by atoms with Gasteiger partial charge in [0.05, 0.1) is 6.61 Å². The van der Waals surface area contributed by atoms with Crippen LogP contribution in [0.15, 0.2) is 18.2 Å². The van der Waals surface area contributed by atoms with Gasteiger partial charge in [-0.15, -0.1) is 0 Å². The Morgan fingerprint density at radius 1 is 1.33 bits per heavy atom. The summed E-state index contributed by atoms with van der Waals surface area (Å²) in [7, 11) is 1.85. The molecule has 0 aliphatic carbocycles. The molecule has 0 aromatic carbocycles. The van der Waals surface area contributed by atoms with Crippen molar-refractivity contribution in [3.63, 3.8) is 0 Å². The molecule has 0 fully saturated rings. The molecule has 0 saturated heterocycles. The number of anilines is 1. The summed E-state index contributed by atoms with van der Waals surface area (Å²) in [5.74, 6) is 1.52. The highest BCUT2D eigenvalue weighted by Crippen LogP contribution is 2.19. The minimum Gasteiger partial charge on any atom is -0.478 e. The fourth-order valence-corrected chi connectivity index (χ4v) is 1.10. The van der Waals surface area contributed by atoms with E-state index in [1.807, 2.05) is 25.2 Å². The van der Waals surface area contributed by atoms with Gasteiger partial charge in [0.2, 0.25) is 5.88 Å². The zero-order chi connectivity index (χ0) is 11.3. The van der Waals surface area contributed by atoms with Gasteiger partial charge in [-0.25, -0.2) is 0 Å². The molecule has 1 aromatic heterocycles. The second-order valence-electron chi connectivity index (χ2n) is 4.77. The summed E-state index contributed by atoms with van der Waals surface area (Å²) in [6.45, 7) is 7.32. The Morgan fingerprint density at radius 3 is 2.67 bits per heavy atom. The van der Waals surface area contributed by atoms with Gasteiger partial charge in [0.1, 0.15) is 5.82 Å². The summed E-state index contributed by atoms with van der Waals surface area (Å²) < 4.78 is 5.57. The first-order chi connectivity index (χ1) is 7.01. The Labute approximate surface area is 91.9 Å². The van der Waals surface area contributed by atoms with Gasteiger partial charge in [0.25, 0.3) is 0 Å². The molecule has 84 valence electrons. The summed E-state index contributed by atoms with van der Waals surface area (Å²) >= 11 is 0. The van der Waals surface area contributed by atoms with Gasteiger partial charge >= 0.3 is 0 Å². The predicted molar refractivity (Wildman–Crippen MR) is 63.4 cm³/mol. The summed E-state index contributed by atoms with van der Waals surface area (Å²) in [6, 6.07) is 5.73. The fraction of sp³-hybridized carbons (Fsp3) is 0.583. The molecule has 0 aliphatic heterocycles. The van der Waals surface area contributed by atoms with Gasteiger partial charge in [0.15, 0.2) is 0 Å². The second-order valence-corrected chi connectivity index (χ2v) is 4.77. The Kier molecular flexibility index (Phi) is 3.95. The van der Waals surface area contributed by atoms with Gasteiger partial charge in [-0.1, -0.05) is 26.8 Å². The molecule has 15 heavy (non-hydrogen) atoms. The van der Waals surface area contributed by atoms with Crippen LogP contribution in [0.4, 0.5) is 5.82 Å². The van der Waals surface area contributed by atoms with E-state index < -0.39 is 0 Å². The SMILES string of the molecule is CNc1cccc(OCCC(C)(C)C)n1. The molecule has 1 N–H and O–H groups in total. The second kappa shape index (κ2) is 5.01. The van der Waals surface area contributed by atoms with Gasteiger partial charge in [-0.05, 0) is 17.9 Å². The van der Waals surface area contributed by atoms with Gasteiger partial charge in [-0.3, -0.25) is 0 Å². The van der Waals surface area contributed by atoms with E-state index in [0.29, 0.717) is 17.9 Å². The molecular weight excluding hydrogens is 188 g/mol. The molecule has 0 spiro atoms. The van der Waals surface area contributed by atoms with E-state index in [-0.39, 0.29) is 0 Å². The number of hydrogen-bond acceptors (Lipinski definition) is 3. The number of nitrogens with one attached hydrogen (secondary N) is 1. The fourth-order valence-electron chi connectivity index (χ4n) is 1.10. The Bertz CT molecular complexity index is 305. The van der Waals surface area contributed by atoms with Crippen molar-refractivity contribution >= 4 is 5.82 Å². The molecule has 0 radical (unpaired) electrons. The Hall–Kier alpha value is -1.25. The van der Waals surface area contributed by atoms with E-state index in [1.54, 1.807) is 0 Å². The van der Waals surface area contributed by atoms with Crippen LogP contribution in [0.25, 0.3) is 0 Å². The smallest absolute Gasteiger partial charge is 0.215 e. The van der Waals surface area contributed by atoms with Crippen molar-refractivity contribution in [2.75, 3.05) is 19.0 Å². The number of pyridine rings is 1. The summed E-state index contributed by atoms with van der Waals surface area (Å²) in [5.41, 5.74) is 0.306. The van der Waals surface area contributed by atoms with Crippen molar-refractivity contribution in [3.8, 4) is 5.88 Å². The predicted octanol–water partition coefficient (Wildman–Crippen LogP) is 2.94. The minimum atomic E-state index is 0.306. The number of nitrogens with zero attached hydrogens (tertiary/aromatic N) is 1. The lowest BCUT2D eigenvalue weighted by Gasteiger charge is -2.17. The lowest BCUT2D eigenvalue weighted by molar-refractivity contribution is 0.236. The van der Waals surface area contributed by atoms with E-state index in [0.717, 1.165) is 12.2 Å². The largest absolute Gasteiger partial charge is 0.478 e. The number of aromatic nitrogens is 1. The van der Waals surface area contributed by atoms with E-state index in [9.17, 15) is 0 Å². The summed E-state index contributed by atoms with van der Waals surface area (Å²) in [4.78, 5) is 4.28. The molecule has 1 aromatic rings. The van der Waals surface area contributed by atoms with Crippen molar-refractivity contribution in [3.05, 3.63) is 18.2 Å². The average Bonchev–Trinajstić information content (AvgIpc) is 2.16. The van der Waals surface area contributed by atoms with Crippen LogP contribution < -0.4 is 10.1 Å². The maximum atomic E-state index is 5.57. The number of hydrogen-bond donors (Lipinski definition) is 1. The van der Waals surface area contributed by atoms with Crippen molar-refractivity contribution in [2.45, 2.75) is 27.2 Å². The van der Waals surface area contributed by atoms with Gasteiger partial charge < -0.3 is 10.1 Å².